The standard InChI is InChI=1S/C18H28O2/c1-13(2)10-14-8-7-9-15(11-14)18(19)12-16(3,4)20-17(18,5)6/h7-9,11,13,19H,10,12H2,1-6H3. The molecular formula is C18H28O2. The molecule has 20 heavy (non-hydrogen) atoms. The number of hydrogen-bond acceptors (Lipinski definition) is 2. The molecule has 1 aliphatic heterocycles. The van der Waals surface area contributed by atoms with Gasteiger partial charge in [0.2, 0.25) is 0 Å². The number of aliphatic hydroxyl groups is 1. The van der Waals surface area contributed by atoms with Gasteiger partial charge in [-0.1, -0.05) is 38.1 Å². The molecule has 0 radical (unpaired) electrons. The quantitative estimate of drug-likeness (QED) is 0.902. The molecule has 1 aromatic rings. The summed E-state index contributed by atoms with van der Waals surface area (Å²) in [6.45, 7) is 12.5. The molecule has 1 atom stereocenters. The Bertz CT molecular complexity index is 488. The molecule has 0 bridgehead atoms. The molecule has 2 nitrogen and oxygen atoms in total. The van der Waals surface area contributed by atoms with Crippen molar-refractivity contribution in [2.45, 2.75) is 71.2 Å². The summed E-state index contributed by atoms with van der Waals surface area (Å²) < 4.78 is 6.08. The first kappa shape index (κ1) is 15.5. The summed E-state index contributed by atoms with van der Waals surface area (Å²) in [5.74, 6) is 0.615. The van der Waals surface area contributed by atoms with Crippen LogP contribution in [0.25, 0.3) is 0 Å². The molecular weight excluding hydrogens is 248 g/mol. The Hall–Kier alpha value is -0.860. The van der Waals surface area contributed by atoms with Gasteiger partial charge in [-0.15, -0.1) is 0 Å². The van der Waals surface area contributed by atoms with E-state index in [-0.39, 0.29) is 5.60 Å². The average Bonchev–Trinajstić information content (AvgIpc) is 2.42. The molecule has 0 saturated carbocycles. The van der Waals surface area contributed by atoms with Crippen LogP contribution in [0.3, 0.4) is 0 Å². The lowest BCUT2D eigenvalue weighted by atomic mass is 9.76. The second-order valence-electron chi connectivity index (χ2n) is 7.71. The van der Waals surface area contributed by atoms with Gasteiger partial charge in [0.05, 0.1) is 11.2 Å². The molecule has 0 spiro atoms. The monoisotopic (exact) mass is 276 g/mol. The van der Waals surface area contributed by atoms with Gasteiger partial charge in [-0.2, -0.15) is 0 Å². The zero-order valence-corrected chi connectivity index (χ0v) is 13.7. The zero-order valence-electron chi connectivity index (χ0n) is 13.7. The minimum atomic E-state index is -0.927. The van der Waals surface area contributed by atoms with Crippen molar-refractivity contribution in [1.29, 1.82) is 0 Å². The minimum Gasteiger partial charge on any atom is -0.382 e. The molecule has 1 unspecified atom stereocenters. The predicted octanol–water partition coefficient (Wildman–Crippen LogP) is 4.05. The van der Waals surface area contributed by atoms with Crippen LogP contribution in [-0.2, 0) is 16.8 Å². The van der Waals surface area contributed by atoms with Gasteiger partial charge in [0.25, 0.3) is 0 Å². The van der Waals surface area contributed by atoms with Gasteiger partial charge in [0, 0.05) is 6.42 Å². The fourth-order valence-electron chi connectivity index (χ4n) is 3.52. The second kappa shape index (κ2) is 4.85. The van der Waals surface area contributed by atoms with Gasteiger partial charge in [-0.05, 0) is 51.2 Å². The summed E-state index contributed by atoms with van der Waals surface area (Å²) >= 11 is 0. The van der Waals surface area contributed by atoms with Crippen molar-refractivity contribution in [1.82, 2.24) is 0 Å². The largest absolute Gasteiger partial charge is 0.382 e. The Kier molecular flexibility index (Phi) is 3.77. The van der Waals surface area contributed by atoms with Crippen LogP contribution in [0.1, 0.15) is 59.1 Å². The van der Waals surface area contributed by atoms with Crippen molar-refractivity contribution in [2.75, 3.05) is 0 Å². The van der Waals surface area contributed by atoms with E-state index in [1.165, 1.54) is 5.56 Å². The fourth-order valence-corrected chi connectivity index (χ4v) is 3.52. The molecule has 2 heteroatoms. The molecule has 112 valence electrons. The van der Waals surface area contributed by atoms with E-state index in [0.29, 0.717) is 12.3 Å². The summed E-state index contributed by atoms with van der Waals surface area (Å²) in [4.78, 5) is 0. The van der Waals surface area contributed by atoms with Crippen LogP contribution in [0.15, 0.2) is 24.3 Å². The highest BCUT2D eigenvalue weighted by atomic mass is 16.5. The van der Waals surface area contributed by atoms with Crippen molar-refractivity contribution >= 4 is 0 Å². The second-order valence-corrected chi connectivity index (χ2v) is 7.71. The van der Waals surface area contributed by atoms with Crippen LogP contribution in [0, 0.1) is 5.92 Å². The molecule has 0 aromatic heterocycles. The predicted molar refractivity (Wildman–Crippen MR) is 82.7 cm³/mol. The molecule has 1 N–H and O–H groups in total. The van der Waals surface area contributed by atoms with E-state index in [1.807, 2.05) is 39.8 Å². The van der Waals surface area contributed by atoms with E-state index in [0.717, 1.165) is 12.0 Å². The summed E-state index contributed by atoms with van der Waals surface area (Å²) in [5, 5.41) is 11.3. The van der Waals surface area contributed by atoms with E-state index in [9.17, 15) is 5.11 Å². The maximum absolute atomic E-state index is 11.3. The molecule has 1 aromatic carbocycles. The van der Waals surface area contributed by atoms with Crippen molar-refractivity contribution < 1.29 is 9.84 Å². The highest BCUT2D eigenvalue weighted by Gasteiger charge is 2.57. The van der Waals surface area contributed by atoms with Crippen LogP contribution in [0.5, 0.6) is 0 Å². The van der Waals surface area contributed by atoms with Crippen LogP contribution in [-0.4, -0.2) is 16.3 Å². The first-order valence-electron chi connectivity index (χ1n) is 7.58. The normalized spacial score (nSPS) is 28.0. The molecule has 1 heterocycles. The smallest absolute Gasteiger partial charge is 0.121 e. The lowest BCUT2D eigenvalue weighted by Gasteiger charge is -2.35. The molecule has 0 amide bonds. The van der Waals surface area contributed by atoms with Crippen molar-refractivity contribution in [3.63, 3.8) is 0 Å². The lowest BCUT2D eigenvalue weighted by molar-refractivity contribution is -0.129. The van der Waals surface area contributed by atoms with E-state index in [2.05, 4.69) is 26.0 Å². The zero-order chi connectivity index (χ0) is 15.2. The van der Waals surface area contributed by atoms with Gasteiger partial charge in [0.1, 0.15) is 5.60 Å². The summed E-state index contributed by atoms with van der Waals surface area (Å²) in [6, 6.07) is 8.36. The average molecular weight is 276 g/mol. The summed E-state index contributed by atoms with van der Waals surface area (Å²) in [7, 11) is 0. The van der Waals surface area contributed by atoms with E-state index >= 15 is 0 Å². The first-order chi connectivity index (χ1) is 9.06. The SMILES string of the molecule is CC(C)Cc1cccc(C2(O)CC(C)(C)OC2(C)C)c1. The van der Waals surface area contributed by atoms with Crippen LogP contribution in [0.4, 0.5) is 0 Å². The Morgan fingerprint density at radius 2 is 1.85 bits per heavy atom. The summed E-state index contributed by atoms with van der Waals surface area (Å²) in [5.41, 5.74) is 0.459. The maximum Gasteiger partial charge on any atom is 0.121 e. The Labute approximate surface area is 123 Å². The Morgan fingerprint density at radius 3 is 2.35 bits per heavy atom. The molecule has 1 aliphatic rings. The highest BCUT2D eigenvalue weighted by molar-refractivity contribution is 5.33. The third kappa shape index (κ3) is 2.77. The maximum atomic E-state index is 11.3. The number of hydrogen-bond donors (Lipinski definition) is 1. The van der Waals surface area contributed by atoms with Gasteiger partial charge in [0.15, 0.2) is 0 Å². The lowest BCUT2D eigenvalue weighted by Crippen LogP contribution is -2.43. The van der Waals surface area contributed by atoms with Gasteiger partial charge in [-0.3, -0.25) is 0 Å². The topological polar surface area (TPSA) is 29.5 Å². The third-order valence-corrected chi connectivity index (χ3v) is 4.26. The molecule has 0 aliphatic carbocycles. The summed E-state index contributed by atoms with van der Waals surface area (Å²) in [6.07, 6.45) is 1.66. The Balaban J connectivity index is 2.39. The van der Waals surface area contributed by atoms with Crippen molar-refractivity contribution in [3.8, 4) is 0 Å². The molecule has 1 saturated heterocycles. The first-order valence-corrected chi connectivity index (χ1v) is 7.58. The number of rotatable bonds is 3. The highest BCUT2D eigenvalue weighted by Crippen LogP contribution is 2.50. The van der Waals surface area contributed by atoms with E-state index in [1.54, 1.807) is 0 Å². The van der Waals surface area contributed by atoms with Gasteiger partial charge in [-0.25, -0.2) is 0 Å². The minimum absolute atomic E-state index is 0.299. The molecule has 2 rings (SSSR count). The third-order valence-electron chi connectivity index (χ3n) is 4.26. The van der Waals surface area contributed by atoms with E-state index in [4.69, 9.17) is 4.74 Å². The van der Waals surface area contributed by atoms with Crippen molar-refractivity contribution in [2.24, 2.45) is 5.92 Å². The van der Waals surface area contributed by atoms with Gasteiger partial charge >= 0.3 is 0 Å². The number of benzene rings is 1. The van der Waals surface area contributed by atoms with E-state index < -0.39 is 11.2 Å². The molecule has 1 fully saturated rings. The fraction of sp³-hybridized carbons (Fsp3) is 0.667. The van der Waals surface area contributed by atoms with Crippen LogP contribution in [0.2, 0.25) is 0 Å². The van der Waals surface area contributed by atoms with Crippen molar-refractivity contribution in [3.05, 3.63) is 35.4 Å². The van der Waals surface area contributed by atoms with Crippen LogP contribution < -0.4 is 0 Å². The van der Waals surface area contributed by atoms with Gasteiger partial charge < -0.3 is 9.84 Å². The Morgan fingerprint density at radius 1 is 1.20 bits per heavy atom. The van der Waals surface area contributed by atoms with Crippen LogP contribution >= 0.6 is 0 Å². The number of ether oxygens (including phenoxy) is 1.